The fourth-order valence-corrected chi connectivity index (χ4v) is 2.28. The number of fused-ring (bicyclic) bond motifs is 1. The maximum absolute atomic E-state index is 12.4. The van der Waals surface area contributed by atoms with E-state index in [9.17, 15) is 9.59 Å². The molecule has 5 nitrogen and oxygen atoms in total. The second-order valence-electron chi connectivity index (χ2n) is 4.70. The Kier molecular flexibility index (Phi) is 2.95. The molecule has 1 aliphatic heterocycles. The first-order valence-corrected chi connectivity index (χ1v) is 6.28. The number of nitrogens with two attached hydrogens (primary N) is 1. The molecule has 20 heavy (non-hydrogen) atoms. The predicted octanol–water partition coefficient (Wildman–Crippen LogP) is 1.39. The average Bonchev–Trinajstić information content (AvgIpc) is 2.46. The van der Waals surface area contributed by atoms with E-state index >= 15 is 0 Å². The van der Waals surface area contributed by atoms with Gasteiger partial charge in [-0.2, -0.15) is 0 Å². The Bertz CT molecular complexity index is 683. The van der Waals surface area contributed by atoms with Crippen molar-refractivity contribution in [2.45, 2.75) is 13.0 Å². The van der Waals surface area contributed by atoms with Crippen LogP contribution in [0.1, 0.15) is 21.6 Å². The standard InChI is InChI=1S/C15H13N3O2/c16-11-5-4-10-7-14(19)18(15(20)13(10)8-11)9-12-3-1-2-6-17-12/h1-6,8H,7,9,16H2. The van der Waals surface area contributed by atoms with Crippen molar-refractivity contribution in [1.82, 2.24) is 9.88 Å². The molecule has 0 atom stereocenters. The first-order chi connectivity index (χ1) is 9.65. The Morgan fingerprint density at radius 3 is 2.80 bits per heavy atom. The van der Waals surface area contributed by atoms with E-state index in [0.717, 1.165) is 5.56 Å². The molecule has 0 radical (unpaired) electrons. The molecule has 0 unspecified atom stereocenters. The van der Waals surface area contributed by atoms with Crippen LogP contribution in [0.5, 0.6) is 0 Å². The Morgan fingerprint density at radius 1 is 1.20 bits per heavy atom. The summed E-state index contributed by atoms with van der Waals surface area (Å²) in [5.41, 5.74) is 8.14. The summed E-state index contributed by atoms with van der Waals surface area (Å²) in [6, 6.07) is 10.5. The van der Waals surface area contributed by atoms with Crippen LogP contribution in [0.2, 0.25) is 0 Å². The van der Waals surface area contributed by atoms with Gasteiger partial charge in [0.1, 0.15) is 0 Å². The van der Waals surface area contributed by atoms with Crippen LogP contribution < -0.4 is 5.73 Å². The van der Waals surface area contributed by atoms with Gasteiger partial charge in [0.15, 0.2) is 0 Å². The minimum absolute atomic E-state index is 0.187. The third-order valence-electron chi connectivity index (χ3n) is 3.30. The van der Waals surface area contributed by atoms with E-state index in [-0.39, 0.29) is 24.8 Å². The summed E-state index contributed by atoms with van der Waals surface area (Å²) in [6.45, 7) is 0.187. The van der Waals surface area contributed by atoms with Crippen molar-refractivity contribution >= 4 is 17.5 Å². The van der Waals surface area contributed by atoms with Crippen LogP contribution in [0.15, 0.2) is 42.6 Å². The molecule has 2 amide bonds. The van der Waals surface area contributed by atoms with Crippen molar-refractivity contribution in [1.29, 1.82) is 0 Å². The highest BCUT2D eigenvalue weighted by Gasteiger charge is 2.31. The molecule has 0 aliphatic carbocycles. The van der Waals surface area contributed by atoms with E-state index in [2.05, 4.69) is 4.98 Å². The van der Waals surface area contributed by atoms with E-state index < -0.39 is 0 Å². The lowest BCUT2D eigenvalue weighted by atomic mass is 9.97. The van der Waals surface area contributed by atoms with Gasteiger partial charge < -0.3 is 5.73 Å². The van der Waals surface area contributed by atoms with Gasteiger partial charge in [0, 0.05) is 17.4 Å². The van der Waals surface area contributed by atoms with Crippen LogP contribution in [0.3, 0.4) is 0 Å². The zero-order valence-electron chi connectivity index (χ0n) is 10.7. The van der Waals surface area contributed by atoms with Crippen LogP contribution in [0.4, 0.5) is 5.69 Å². The normalized spacial score (nSPS) is 14.3. The van der Waals surface area contributed by atoms with Crippen LogP contribution in [0.25, 0.3) is 0 Å². The number of hydrogen-bond acceptors (Lipinski definition) is 4. The molecule has 0 bridgehead atoms. The fraction of sp³-hybridized carbons (Fsp3) is 0.133. The largest absolute Gasteiger partial charge is 0.399 e. The number of rotatable bonds is 2. The van der Waals surface area contributed by atoms with Gasteiger partial charge in [-0.1, -0.05) is 12.1 Å². The molecule has 3 rings (SSSR count). The third-order valence-corrected chi connectivity index (χ3v) is 3.30. The number of nitrogen functional groups attached to an aromatic ring is 1. The number of anilines is 1. The molecule has 0 saturated carbocycles. The van der Waals surface area contributed by atoms with Gasteiger partial charge >= 0.3 is 0 Å². The molecule has 0 spiro atoms. The van der Waals surface area contributed by atoms with E-state index in [4.69, 9.17) is 5.73 Å². The van der Waals surface area contributed by atoms with Gasteiger partial charge in [-0.15, -0.1) is 0 Å². The van der Waals surface area contributed by atoms with E-state index in [0.29, 0.717) is 16.9 Å². The fourth-order valence-electron chi connectivity index (χ4n) is 2.28. The van der Waals surface area contributed by atoms with Gasteiger partial charge in [-0.25, -0.2) is 0 Å². The quantitative estimate of drug-likeness (QED) is 0.659. The summed E-state index contributed by atoms with van der Waals surface area (Å²) in [7, 11) is 0. The number of carbonyl (C=O) groups is 2. The van der Waals surface area contributed by atoms with Crippen molar-refractivity contribution in [3.63, 3.8) is 0 Å². The number of carbonyl (C=O) groups excluding carboxylic acids is 2. The molecule has 0 saturated heterocycles. The molecule has 100 valence electrons. The lowest BCUT2D eigenvalue weighted by molar-refractivity contribution is -0.128. The maximum atomic E-state index is 12.4. The second-order valence-corrected chi connectivity index (χ2v) is 4.70. The first-order valence-electron chi connectivity index (χ1n) is 6.28. The molecule has 2 aromatic rings. The Balaban J connectivity index is 1.94. The molecule has 0 fully saturated rings. The number of nitrogens with zero attached hydrogens (tertiary/aromatic N) is 2. The Labute approximate surface area is 116 Å². The van der Waals surface area contributed by atoms with E-state index in [1.807, 2.05) is 6.07 Å². The highest BCUT2D eigenvalue weighted by atomic mass is 16.2. The monoisotopic (exact) mass is 267 g/mol. The zero-order chi connectivity index (χ0) is 14.1. The summed E-state index contributed by atoms with van der Waals surface area (Å²) in [5.74, 6) is -0.521. The van der Waals surface area contributed by atoms with Gasteiger partial charge in [-0.3, -0.25) is 19.5 Å². The van der Waals surface area contributed by atoms with E-state index in [1.165, 1.54) is 4.90 Å². The Morgan fingerprint density at radius 2 is 2.05 bits per heavy atom. The lowest BCUT2D eigenvalue weighted by Gasteiger charge is -2.26. The summed E-state index contributed by atoms with van der Waals surface area (Å²) in [4.78, 5) is 29.9. The maximum Gasteiger partial charge on any atom is 0.261 e. The minimum atomic E-state index is -0.311. The van der Waals surface area contributed by atoms with Gasteiger partial charge in [-0.05, 0) is 29.8 Å². The van der Waals surface area contributed by atoms with E-state index in [1.54, 1.807) is 36.5 Å². The van der Waals surface area contributed by atoms with Crippen LogP contribution >= 0.6 is 0 Å². The van der Waals surface area contributed by atoms with Crippen LogP contribution in [-0.2, 0) is 17.8 Å². The van der Waals surface area contributed by atoms with Gasteiger partial charge in [0.25, 0.3) is 5.91 Å². The zero-order valence-corrected chi connectivity index (χ0v) is 10.7. The minimum Gasteiger partial charge on any atom is -0.399 e. The van der Waals surface area contributed by atoms with Crippen LogP contribution in [0, 0.1) is 0 Å². The molecule has 1 aromatic carbocycles. The molecule has 2 heterocycles. The number of hydrogen-bond donors (Lipinski definition) is 1. The number of aromatic nitrogens is 1. The summed E-state index contributed by atoms with van der Waals surface area (Å²) in [6.07, 6.45) is 1.86. The van der Waals surface area contributed by atoms with Crippen LogP contribution in [-0.4, -0.2) is 21.7 Å². The molecular weight excluding hydrogens is 254 g/mol. The number of imide groups is 1. The summed E-state index contributed by atoms with van der Waals surface area (Å²) in [5, 5.41) is 0. The molecule has 2 N–H and O–H groups in total. The average molecular weight is 267 g/mol. The first kappa shape index (κ1) is 12.3. The smallest absolute Gasteiger partial charge is 0.261 e. The Hall–Kier alpha value is -2.69. The van der Waals surface area contributed by atoms with Crippen molar-refractivity contribution in [3.8, 4) is 0 Å². The van der Waals surface area contributed by atoms with Crippen molar-refractivity contribution in [2.24, 2.45) is 0 Å². The highest BCUT2D eigenvalue weighted by molar-refractivity contribution is 6.10. The topological polar surface area (TPSA) is 76.3 Å². The van der Waals surface area contributed by atoms with Crippen molar-refractivity contribution in [2.75, 3.05) is 5.73 Å². The third kappa shape index (κ3) is 2.14. The SMILES string of the molecule is Nc1ccc2c(c1)C(=O)N(Cc1ccccn1)C(=O)C2. The van der Waals surface area contributed by atoms with Crippen molar-refractivity contribution < 1.29 is 9.59 Å². The van der Waals surface area contributed by atoms with Gasteiger partial charge in [0.05, 0.1) is 18.7 Å². The lowest BCUT2D eigenvalue weighted by Crippen LogP contribution is -2.41. The molecular formula is C15H13N3O2. The number of amides is 2. The van der Waals surface area contributed by atoms with Crippen molar-refractivity contribution in [3.05, 3.63) is 59.4 Å². The predicted molar refractivity (Wildman–Crippen MR) is 73.7 cm³/mol. The molecule has 1 aromatic heterocycles. The molecule has 5 heteroatoms. The highest BCUT2D eigenvalue weighted by Crippen LogP contribution is 2.23. The number of benzene rings is 1. The summed E-state index contributed by atoms with van der Waals surface area (Å²) < 4.78 is 0. The molecule has 1 aliphatic rings. The second kappa shape index (κ2) is 4.77. The number of pyridine rings is 1. The van der Waals surface area contributed by atoms with Gasteiger partial charge in [0.2, 0.25) is 5.91 Å². The summed E-state index contributed by atoms with van der Waals surface area (Å²) >= 11 is 0.